The van der Waals surface area contributed by atoms with Crippen molar-refractivity contribution in [1.82, 2.24) is 4.98 Å². The molecule has 1 heterocycles. The summed E-state index contributed by atoms with van der Waals surface area (Å²) < 4.78 is 0. The van der Waals surface area contributed by atoms with Gasteiger partial charge in [0.25, 0.3) is 0 Å². The van der Waals surface area contributed by atoms with Crippen molar-refractivity contribution in [2.45, 2.75) is 58.5 Å². The van der Waals surface area contributed by atoms with Crippen LogP contribution in [0, 0.1) is 11.3 Å². The number of aliphatic hydroxyl groups is 1. The highest BCUT2D eigenvalue weighted by atomic mass is 16.3. The second kappa shape index (κ2) is 5.00. The Morgan fingerprint density at radius 1 is 1.28 bits per heavy atom. The Bertz CT molecular complexity index is 372. The number of pyridine rings is 1. The summed E-state index contributed by atoms with van der Waals surface area (Å²) in [5.74, 6) is 0.738. The molecule has 100 valence electrons. The van der Waals surface area contributed by atoms with E-state index in [0.29, 0.717) is 11.8 Å². The zero-order valence-electron chi connectivity index (χ0n) is 11.8. The number of hydrogen-bond acceptors (Lipinski definition) is 2. The SMILES string of the molecule is CC(C)(C)C1CCC(O)(Cc2ccccn2)CC1. The average Bonchev–Trinajstić information content (AvgIpc) is 2.29. The van der Waals surface area contributed by atoms with Gasteiger partial charge in [-0.1, -0.05) is 26.8 Å². The predicted octanol–water partition coefficient (Wildman–Crippen LogP) is 3.59. The maximum atomic E-state index is 10.7. The Labute approximate surface area is 110 Å². The van der Waals surface area contributed by atoms with Crippen LogP contribution in [0.3, 0.4) is 0 Å². The van der Waals surface area contributed by atoms with Gasteiger partial charge >= 0.3 is 0 Å². The Balaban J connectivity index is 1.95. The van der Waals surface area contributed by atoms with Crippen molar-refractivity contribution in [2.75, 3.05) is 0 Å². The zero-order valence-corrected chi connectivity index (χ0v) is 11.8. The van der Waals surface area contributed by atoms with Crippen molar-refractivity contribution < 1.29 is 5.11 Å². The first-order valence-corrected chi connectivity index (χ1v) is 7.01. The van der Waals surface area contributed by atoms with Gasteiger partial charge in [-0.15, -0.1) is 0 Å². The quantitative estimate of drug-likeness (QED) is 0.866. The van der Waals surface area contributed by atoms with Crippen molar-refractivity contribution in [1.29, 1.82) is 0 Å². The summed E-state index contributed by atoms with van der Waals surface area (Å²) in [6.45, 7) is 6.92. The van der Waals surface area contributed by atoms with Crippen molar-refractivity contribution in [2.24, 2.45) is 11.3 Å². The lowest BCUT2D eigenvalue weighted by Crippen LogP contribution is -2.39. The average molecular weight is 247 g/mol. The molecular formula is C16H25NO. The van der Waals surface area contributed by atoms with E-state index in [1.54, 1.807) is 6.20 Å². The van der Waals surface area contributed by atoms with Gasteiger partial charge in [0, 0.05) is 18.3 Å². The molecular weight excluding hydrogens is 222 g/mol. The molecule has 2 nitrogen and oxygen atoms in total. The Morgan fingerprint density at radius 2 is 1.94 bits per heavy atom. The molecule has 18 heavy (non-hydrogen) atoms. The van der Waals surface area contributed by atoms with Gasteiger partial charge in [0.05, 0.1) is 5.60 Å². The lowest BCUT2D eigenvalue weighted by atomic mass is 9.67. The highest BCUT2D eigenvalue weighted by Crippen LogP contribution is 2.42. The lowest BCUT2D eigenvalue weighted by Gasteiger charge is -2.41. The standard InChI is InChI=1S/C16H25NO/c1-15(2,3)13-7-9-16(18,10-8-13)12-14-6-4-5-11-17-14/h4-6,11,13,18H,7-10,12H2,1-3H3. The van der Waals surface area contributed by atoms with Crippen LogP contribution in [0.25, 0.3) is 0 Å². The van der Waals surface area contributed by atoms with E-state index in [1.165, 1.54) is 0 Å². The fraction of sp³-hybridized carbons (Fsp3) is 0.688. The second-order valence-electron chi connectivity index (χ2n) is 6.86. The van der Waals surface area contributed by atoms with E-state index in [2.05, 4.69) is 25.8 Å². The Kier molecular flexibility index (Phi) is 3.76. The molecule has 0 unspecified atom stereocenters. The molecule has 1 aliphatic rings. The van der Waals surface area contributed by atoms with E-state index >= 15 is 0 Å². The van der Waals surface area contributed by atoms with Gasteiger partial charge in [-0.05, 0) is 49.1 Å². The molecule has 2 rings (SSSR count). The topological polar surface area (TPSA) is 33.1 Å². The molecule has 2 heteroatoms. The van der Waals surface area contributed by atoms with Crippen LogP contribution in [-0.4, -0.2) is 15.7 Å². The highest BCUT2D eigenvalue weighted by Gasteiger charge is 2.37. The number of hydrogen-bond donors (Lipinski definition) is 1. The Morgan fingerprint density at radius 3 is 2.44 bits per heavy atom. The molecule has 1 aromatic heterocycles. The monoisotopic (exact) mass is 247 g/mol. The summed E-state index contributed by atoms with van der Waals surface area (Å²) >= 11 is 0. The first kappa shape index (κ1) is 13.5. The van der Waals surface area contributed by atoms with Crippen LogP contribution in [0.2, 0.25) is 0 Å². The van der Waals surface area contributed by atoms with E-state index in [-0.39, 0.29) is 0 Å². The number of nitrogens with zero attached hydrogens (tertiary/aromatic N) is 1. The molecule has 0 atom stereocenters. The van der Waals surface area contributed by atoms with Crippen molar-refractivity contribution >= 4 is 0 Å². The smallest absolute Gasteiger partial charge is 0.0703 e. The summed E-state index contributed by atoms with van der Waals surface area (Å²) in [6.07, 6.45) is 6.58. The van der Waals surface area contributed by atoms with Crippen LogP contribution < -0.4 is 0 Å². The largest absolute Gasteiger partial charge is 0.389 e. The van der Waals surface area contributed by atoms with E-state index in [9.17, 15) is 5.11 Å². The molecule has 1 aromatic rings. The van der Waals surface area contributed by atoms with Crippen molar-refractivity contribution in [3.05, 3.63) is 30.1 Å². The molecule has 1 saturated carbocycles. The van der Waals surface area contributed by atoms with E-state index in [1.807, 2.05) is 18.2 Å². The maximum Gasteiger partial charge on any atom is 0.0703 e. The van der Waals surface area contributed by atoms with Crippen LogP contribution in [0.1, 0.15) is 52.1 Å². The van der Waals surface area contributed by atoms with Gasteiger partial charge < -0.3 is 5.11 Å². The maximum absolute atomic E-state index is 10.7. The summed E-state index contributed by atoms with van der Waals surface area (Å²) in [4.78, 5) is 4.33. The molecule has 0 aliphatic heterocycles. The molecule has 0 spiro atoms. The molecule has 0 radical (unpaired) electrons. The third-order valence-corrected chi connectivity index (χ3v) is 4.38. The summed E-state index contributed by atoms with van der Waals surface area (Å²) in [5, 5.41) is 10.7. The predicted molar refractivity (Wildman–Crippen MR) is 74.3 cm³/mol. The molecule has 0 bridgehead atoms. The van der Waals surface area contributed by atoms with Gasteiger partial charge in [-0.2, -0.15) is 0 Å². The van der Waals surface area contributed by atoms with Gasteiger partial charge in [-0.25, -0.2) is 0 Å². The molecule has 1 N–H and O–H groups in total. The zero-order chi connectivity index (χ0) is 13.2. The Hall–Kier alpha value is -0.890. The van der Waals surface area contributed by atoms with Crippen LogP contribution in [0.4, 0.5) is 0 Å². The molecule has 1 aliphatic carbocycles. The van der Waals surface area contributed by atoms with Crippen LogP contribution in [0.5, 0.6) is 0 Å². The van der Waals surface area contributed by atoms with E-state index < -0.39 is 5.60 Å². The summed E-state index contributed by atoms with van der Waals surface area (Å²) in [7, 11) is 0. The minimum absolute atomic E-state index is 0.367. The van der Waals surface area contributed by atoms with Gasteiger partial charge in [0.1, 0.15) is 0 Å². The first-order valence-electron chi connectivity index (χ1n) is 7.01. The van der Waals surface area contributed by atoms with Gasteiger partial charge in [0.2, 0.25) is 0 Å². The second-order valence-corrected chi connectivity index (χ2v) is 6.86. The summed E-state index contributed by atoms with van der Waals surface area (Å²) in [6, 6.07) is 5.92. The molecule has 0 saturated heterocycles. The number of aromatic nitrogens is 1. The van der Waals surface area contributed by atoms with Crippen molar-refractivity contribution in [3.8, 4) is 0 Å². The van der Waals surface area contributed by atoms with E-state index in [0.717, 1.165) is 37.3 Å². The van der Waals surface area contributed by atoms with Crippen LogP contribution >= 0.6 is 0 Å². The van der Waals surface area contributed by atoms with E-state index in [4.69, 9.17) is 0 Å². The lowest BCUT2D eigenvalue weighted by molar-refractivity contribution is -0.0251. The minimum atomic E-state index is -0.532. The van der Waals surface area contributed by atoms with Crippen LogP contribution in [-0.2, 0) is 6.42 Å². The minimum Gasteiger partial charge on any atom is -0.389 e. The fourth-order valence-electron chi connectivity index (χ4n) is 3.04. The normalized spacial score (nSPS) is 29.2. The van der Waals surface area contributed by atoms with Crippen molar-refractivity contribution in [3.63, 3.8) is 0 Å². The third kappa shape index (κ3) is 3.32. The third-order valence-electron chi connectivity index (χ3n) is 4.38. The molecule has 0 amide bonds. The van der Waals surface area contributed by atoms with Gasteiger partial charge in [-0.3, -0.25) is 4.98 Å². The summed E-state index contributed by atoms with van der Waals surface area (Å²) in [5.41, 5.74) is 0.844. The fourth-order valence-corrected chi connectivity index (χ4v) is 3.04. The molecule has 0 aromatic carbocycles. The highest BCUT2D eigenvalue weighted by molar-refractivity contribution is 5.08. The number of rotatable bonds is 2. The first-order chi connectivity index (χ1) is 8.39. The molecule has 1 fully saturated rings. The van der Waals surface area contributed by atoms with Crippen LogP contribution in [0.15, 0.2) is 24.4 Å². The van der Waals surface area contributed by atoms with Gasteiger partial charge in [0.15, 0.2) is 0 Å².